The molecule has 2 aliphatic rings. The predicted octanol–water partition coefficient (Wildman–Crippen LogP) is 0.0108. The van der Waals surface area contributed by atoms with Crippen LogP contribution in [0.3, 0.4) is 0 Å². The zero-order valence-corrected chi connectivity index (χ0v) is 13.0. The van der Waals surface area contributed by atoms with Crippen molar-refractivity contribution in [1.82, 2.24) is 14.8 Å². The van der Waals surface area contributed by atoms with Crippen molar-refractivity contribution in [2.45, 2.75) is 6.42 Å². The number of likely N-dealkylation sites (tertiary alicyclic amines) is 1. The van der Waals surface area contributed by atoms with E-state index in [1.54, 1.807) is 0 Å². The summed E-state index contributed by atoms with van der Waals surface area (Å²) in [5.74, 6) is 1.77. The monoisotopic (exact) mass is 303 g/mol. The maximum atomic E-state index is 12.3. The Labute approximate surface area is 131 Å². The van der Waals surface area contributed by atoms with Crippen molar-refractivity contribution >= 4 is 11.7 Å². The van der Waals surface area contributed by atoms with Gasteiger partial charge in [0.15, 0.2) is 0 Å². The lowest BCUT2D eigenvalue weighted by molar-refractivity contribution is -0.131. The number of carbonyl (C=O) groups is 1. The van der Waals surface area contributed by atoms with E-state index in [1.165, 1.54) is 0 Å². The standard InChI is InChI=1S/C16H25N5O/c17-11-14-4-6-21(12-14)16(22)13-19-7-9-20(10-8-19)15-3-1-2-5-18-15/h1-3,5,14H,4,6-13,17H2/t14-/m0/s1. The van der Waals surface area contributed by atoms with Crippen LogP contribution in [0.2, 0.25) is 0 Å². The van der Waals surface area contributed by atoms with Gasteiger partial charge in [-0.05, 0) is 31.0 Å². The summed E-state index contributed by atoms with van der Waals surface area (Å²) in [6, 6.07) is 5.99. The van der Waals surface area contributed by atoms with E-state index in [1.807, 2.05) is 29.3 Å². The summed E-state index contributed by atoms with van der Waals surface area (Å²) in [4.78, 5) is 23.2. The third kappa shape index (κ3) is 3.56. The van der Waals surface area contributed by atoms with Crippen LogP contribution in [0.4, 0.5) is 5.82 Å². The maximum absolute atomic E-state index is 12.3. The first kappa shape index (κ1) is 15.2. The molecule has 6 heteroatoms. The number of amides is 1. The van der Waals surface area contributed by atoms with E-state index in [4.69, 9.17) is 5.73 Å². The Morgan fingerprint density at radius 1 is 1.23 bits per heavy atom. The zero-order valence-electron chi connectivity index (χ0n) is 13.0. The van der Waals surface area contributed by atoms with Crippen molar-refractivity contribution in [2.24, 2.45) is 11.7 Å². The lowest BCUT2D eigenvalue weighted by atomic mass is 10.1. The number of hydrogen-bond acceptors (Lipinski definition) is 5. The Hall–Kier alpha value is -1.66. The highest BCUT2D eigenvalue weighted by Gasteiger charge is 2.27. The van der Waals surface area contributed by atoms with Gasteiger partial charge < -0.3 is 15.5 Å². The van der Waals surface area contributed by atoms with Crippen LogP contribution in [-0.4, -0.2) is 73.0 Å². The molecule has 0 radical (unpaired) electrons. The van der Waals surface area contributed by atoms with Crippen LogP contribution in [0.25, 0.3) is 0 Å². The average molecular weight is 303 g/mol. The highest BCUT2D eigenvalue weighted by molar-refractivity contribution is 5.78. The summed E-state index contributed by atoms with van der Waals surface area (Å²) in [5.41, 5.74) is 5.69. The molecule has 0 spiro atoms. The molecule has 0 bridgehead atoms. The Morgan fingerprint density at radius 2 is 2.05 bits per heavy atom. The molecular weight excluding hydrogens is 278 g/mol. The van der Waals surface area contributed by atoms with E-state index in [0.717, 1.165) is 51.5 Å². The number of piperazine rings is 1. The number of carbonyl (C=O) groups excluding carboxylic acids is 1. The second-order valence-corrected chi connectivity index (χ2v) is 6.18. The summed E-state index contributed by atoms with van der Waals surface area (Å²) in [6.45, 7) is 6.61. The van der Waals surface area contributed by atoms with E-state index < -0.39 is 0 Å². The largest absolute Gasteiger partial charge is 0.354 e. The minimum Gasteiger partial charge on any atom is -0.354 e. The zero-order chi connectivity index (χ0) is 15.4. The lowest BCUT2D eigenvalue weighted by Gasteiger charge is -2.35. The highest BCUT2D eigenvalue weighted by atomic mass is 16.2. The Morgan fingerprint density at radius 3 is 2.68 bits per heavy atom. The number of nitrogens with zero attached hydrogens (tertiary/aromatic N) is 4. The lowest BCUT2D eigenvalue weighted by Crippen LogP contribution is -2.50. The molecule has 6 nitrogen and oxygen atoms in total. The molecule has 2 saturated heterocycles. The van der Waals surface area contributed by atoms with Crippen molar-refractivity contribution in [3.63, 3.8) is 0 Å². The molecule has 22 heavy (non-hydrogen) atoms. The Kier molecular flexibility index (Phi) is 4.90. The van der Waals surface area contributed by atoms with Gasteiger partial charge in [0.1, 0.15) is 5.82 Å². The highest BCUT2D eigenvalue weighted by Crippen LogP contribution is 2.16. The van der Waals surface area contributed by atoms with E-state index in [9.17, 15) is 4.79 Å². The topological polar surface area (TPSA) is 65.7 Å². The number of hydrogen-bond donors (Lipinski definition) is 1. The van der Waals surface area contributed by atoms with Crippen molar-refractivity contribution in [2.75, 3.05) is 57.3 Å². The SMILES string of the molecule is NC[C@@H]1CCN(C(=O)CN2CCN(c3ccccn3)CC2)C1. The van der Waals surface area contributed by atoms with Crippen LogP contribution in [-0.2, 0) is 4.79 Å². The molecule has 1 aromatic rings. The molecule has 2 aliphatic heterocycles. The van der Waals surface area contributed by atoms with Crippen LogP contribution < -0.4 is 10.6 Å². The fourth-order valence-corrected chi connectivity index (χ4v) is 3.22. The minimum absolute atomic E-state index is 0.252. The molecule has 0 saturated carbocycles. The molecular formula is C16H25N5O. The molecule has 1 amide bonds. The molecule has 0 aromatic carbocycles. The minimum atomic E-state index is 0.252. The first-order valence-electron chi connectivity index (χ1n) is 8.12. The number of pyridine rings is 1. The van der Waals surface area contributed by atoms with Gasteiger partial charge in [0, 0.05) is 45.5 Å². The first-order chi connectivity index (χ1) is 10.8. The Balaban J connectivity index is 1.45. The van der Waals surface area contributed by atoms with Crippen LogP contribution in [0.5, 0.6) is 0 Å². The van der Waals surface area contributed by atoms with Gasteiger partial charge in [-0.25, -0.2) is 4.98 Å². The number of rotatable bonds is 4. The molecule has 2 N–H and O–H groups in total. The van der Waals surface area contributed by atoms with E-state index in [0.29, 0.717) is 19.0 Å². The number of aromatic nitrogens is 1. The molecule has 0 aliphatic carbocycles. The van der Waals surface area contributed by atoms with Crippen molar-refractivity contribution in [3.05, 3.63) is 24.4 Å². The fourth-order valence-electron chi connectivity index (χ4n) is 3.22. The van der Waals surface area contributed by atoms with Gasteiger partial charge >= 0.3 is 0 Å². The molecule has 120 valence electrons. The van der Waals surface area contributed by atoms with Crippen LogP contribution >= 0.6 is 0 Å². The summed E-state index contributed by atoms with van der Waals surface area (Å²) in [7, 11) is 0. The van der Waals surface area contributed by atoms with Crippen molar-refractivity contribution in [3.8, 4) is 0 Å². The van der Waals surface area contributed by atoms with Crippen LogP contribution in [0.15, 0.2) is 24.4 Å². The van der Waals surface area contributed by atoms with E-state index in [2.05, 4.69) is 14.8 Å². The summed E-state index contributed by atoms with van der Waals surface area (Å²) in [6.07, 6.45) is 2.88. The van der Waals surface area contributed by atoms with E-state index >= 15 is 0 Å². The van der Waals surface area contributed by atoms with Gasteiger partial charge in [-0.15, -0.1) is 0 Å². The van der Waals surface area contributed by atoms with Gasteiger partial charge in [-0.2, -0.15) is 0 Å². The first-order valence-corrected chi connectivity index (χ1v) is 8.12. The molecule has 1 atom stereocenters. The van der Waals surface area contributed by atoms with Crippen LogP contribution in [0.1, 0.15) is 6.42 Å². The second kappa shape index (κ2) is 7.07. The normalized spacial score (nSPS) is 23.0. The van der Waals surface area contributed by atoms with Gasteiger partial charge in [0.05, 0.1) is 6.54 Å². The van der Waals surface area contributed by atoms with E-state index in [-0.39, 0.29) is 5.91 Å². The number of anilines is 1. The Bertz CT molecular complexity index is 487. The summed E-state index contributed by atoms with van der Waals surface area (Å²) in [5, 5.41) is 0. The maximum Gasteiger partial charge on any atom is 0.236 e. The molecule has 3 heterocycles. The van der Waals surface area contributed by atoms with Crippen molar-refractivity contribution in [1.29, 1.82) is 0 Å². The van der Waals surface area contributed by atoms with Gasteiger partial charge in [0.2, 0.25) is 5.91 Å². The fraction of sp³-hybridized carbons (Fsp3) is 0.625. The molecule has 1 aromatic heterocycles. The molecule has 0 unspecified atom stereocenters. The quantitative estimate of drug-likeness (QED) is 0.849. The van der Waals surface area contributed by atoms with Gasteiger partial charge in [-0.3, -0.25) is 9.69 Å². The van der Waals surface area contributed by atoms with Crippen LogP contribution in [0, 0.1) is 5.92 Å². The smallest absolute Gasteiger partial charge is 0.236 e. The second-order valence-electron chi connectivity index (χ2n) is 6.18. The third-order valence-corrected chi connectivity index (χ3v) is 4.68. The average Bonchev–Trinajstić information content (AvgIpc) is 3.06. The van der Waals surface area contributed by atoms with Crippen molar-refractivity contribution < 1.29 is 4.79 Å². The summed E-state index contributed by atoms with van der Waals surface area (Å²) < 4.78 is 0. The summed E-state index contributed by atoms with van der Waals surface area (Å²) >= 11 is 0. The predicted molar refractivity (Wildman–Crippen MR) is 86.6 cm³/mol. The third-order valence-electron chi connectivity index (χ3n) is 4.68. The van der Waals surface area contributed by atoms with Gasteiger partial charge in [0.25, 0.3) is 0 Å². The molecule has 3 rings (SSSR count). The van der Waals surface area contributed by atoms with Gasteiger partial charge in [-0.1, -0.05) is 6.07 Å². The molecule has 2 fully saturated rings. The number of nitrogens with two attached hydrogens (primary N) is 1.